The number of nitrogens with one attached hydrogen (secondary N) is 2. The van der Waals surface area contributed by atoms with Crippen molar-refractivity contribution in [3.63, 3.8) is 0 Å². The Morgan fingerprint density at radius 1 is 1.53 bits per heavy atom. The van der Waals surface area contributed by atoms with Crippen LogP contribution in [0.25, 0.3) is 0 Å². The van der Waals surface area contributed by atoms with E-state index in [0.717, 1.165) is 4.47 Å². The lowest BCUT2D eigenvalue weighted by Gasteiger charge is -2.23. The summed E-state index contributed by atoms with van der Waals surface area (Å²) in [6.07, 6.45) is 1.13. The molecule has 1 fully saturated rings. The minimum atomic E-state index is -0.149. The molecule has 1 heterocycles. The lowest BCUT2D eigenvalue weighted by molar-refractivity contribution is -0.122. The van der Waals surface area contributed by atoms with Gasteiger partial charge in [0.2, 0.25) is 5.91 Å². The fourth-order valence-corrected chi connectivity index (χ4v) is 2.47. The van der Waals surface area contributed by atoms with Crippen molar-refractivity contribution in [2.75, 3.05) is 13.7 Å². The van der Waals surface area contributed by atoms with Gasteiger partial charge in [-0.2, -0.15) is 0 Å². The summed E-state index contributed by atoms with van der Waals surface area (Å²) in [5, 5.41) is 5.64. The second kappa shape index (κ2) is 6.06. The van der Waals surface area contributed by atoms with Crippen LogP contribution in [-0.4, -0.2) is 31.5 Å². The molecule has 0 radical (unpaired) electrons. The van der Waals surface area contributed by atoms with Gasteiger partial charge in [-0.05, 0) is 40.5 Å². The first-order valence-electron chi connectivity index (χ1n) is 6.01. The number of methoxy groups -OCH3 is 1. The monoisotopic (exact) mass is 326 g/mol. The third-order valence-electron chi connectivity index (χ3n) is 3.01. The molecular formula is C13H15BrN2O3. The Bertz CT molecular complexity index is 495. The molecule has 0 spiro atoms. The number of ether oxygens (including phenoxy) is 1. The van der Waals surface area contributed by atoms with Crippen LogP contribution in [-0.2, 0) is 4.79 Å². The highest BCUT2D eigenvalue weighted by Gasteiger charge is 2.20. The SMILES string of the molecule is COc1ccc(C(=O)NC2CCC(=O)NC2)cc1Br. The predicted octanol–water partition coefficient (Wildman–Crippen LogP) is 1.47. The van der Waals surface area contributed by atoms with Gasteiger partial charge in [-0.3, -0.25) is 9.59 Å². The molecule has 1 aliphatic heterocycles. The van der Waals surface area contributed by atoms with Crippen molar-refractivity contribution in [1.82, 2.24) is 10.6 Å². The second-order valence-electron chi connectivity index (χ2n) is 4.36. The van der Waals surface area contributed by atoms with Gasteiger partial charge in [-0.25, -0.2) is 0 Å². The number of carbonyl (C=O) groups excluding carboxylic acids is 2. The molecule has 102 valence electrons. The Kier molecular flexibility index (Phi) is 4.42. The standard InChI is InChI=1S/C13H15BrN2O3/c1-19-11-4-2-8(6-10(11)14)13(18)16-9-3-5-12(17)15-7-9/h2,4,6,9H,3,5,7H2,1H3,(H,15,17)(H,16,18). The molecule has 0 saturated carbocycles. The molecule has 19 heavy (non-hydrogen) atoms. The van der Waals surface area contributed by atoms with Gasteiger partial charge in [-0.15, -0.1) is 0 Å². The first-order valence-corrected chi connectivity index (χ1v) is 6.80. The van der Waals surface area contributed by atoms with E-state index in [0.29, 0.717) is 30.7 Å². The number of hydrogen-bond donors (Lipinski definition) is 2. The van der Waals surface area contributed by atoms with Crippen LogP contribution in [0.3, 0.4) is 0 Å². The van der Waals surface area contributed by atoms with E-state index in [1.54, 1.807) is 25.3 Å². The van der Waals surface area contributed by atoms with Gasteiger partial charge < -0.3 is 15.4 Å². The summed E-state index contributed by atoms with van der Waals surface area (Å²) in [5.74, 6) is 0.573. The third kappa shape index (κ3) is 3.47. The Labute approximate surface area is 119 Å². The molecule has 2 rings (SSSR count). The van der Waals surface area contributed by atoms with Crippen molar-refractivity contribution >= 4 is 27.7 Å². The van der Waals surface area contributed by atoms with Gasteiger partial charge in [0.05, 0.1) is 11.6 Å². The zero-order chi connectivity index (χ0) is 13.8. The van der Waals surface area contributed by atoms with Crippen LogP contribution in [0.1, 0.15) is 23.2 Å². The molecule has 1 unspecified atom stereocenters. The molecule has 1 aromatic rings. The molecule has 5 nitrogen and oxygen atoms in total. The average Bonchev–Trinajstić information content (AvgIpc) is 2.41. The molecule has 0 aromatic heterocycles. The molecule has 6 heteroatoms. The number of carbonyl (C=O) groups is 2. The van der Waals surface area contributed by atoms with Gasteiger partial charge in [0.1, 0.15) is 5.75 Å². The molecule has 1 atom stereocenters. The van der Waals surface area contributed by atoms with Crippen LogP contribution < -0.4 is 15.4 Å². The Morgan fingerprint density at radius 3 is 2.89 bits per heavy atom. The van der Waals surface area contributed by atoms with E-state index in [1.807, 2.05) is 0 Å². The van der Waals surface area contributed by atoms with Crippen molar-refractivity contribution < 1.29 is 14.3 Å². The van der Waals surface area contributed by atoms with Gasteiger partial charge in [0, 0.05) is 24.6 Å². The number of piperidine rings is 1. The summed E-state index contributed by atoms with van der Waals surface area (Å²) in [7, 11) is 1.57. The molecule has 0 aliphatic carbocycles. The van der Waals surface area contributed by atoms with E-state index in [4.69, 9.17) is 4.74 Å². The smallest absolute Gasteiger partial charge is 0.251 e. The highest BCUT2D eigenvalue weighted by molar-refractivity contribution is 9.10. The predicted molar refractivity (Wildman–Crippen MR) is 74.2 cm³/mol. The Hall–Kier alpha value is -1.56. The second-order valence-corrected chi connectivity index (χ2v) is 5.22. The maximum atomic E-state index is 12.1. The van der Waals surface area contributed by atoms with E-state index in [-0.39, 0.29) is 17.9 Å². The van der Waals surface area contributed by atoms with Crippen LogP contribution in [0, 0.1) is 0 Å². The van der Waals surface area contributed by atoms with Crippen LogP contribution >= 0.6 is 15.9 Å². The van der Waals surface area contributed by atoms with Crippen molar-refractivity contribution in [2.45, 2.75) is 18.9 Å². The normalized spacial score (nSPS) is 18.6. The lowest BCUT2D eigenvalue weighted by atomic mass is 10.1. The largest absolute Gasteiger partial charge is 0.496 e. The molecular weight excluding hydrogens is 312 g/mol. The highest BCUT2D eigenvalue weighted by atomic mass is 79.9. The maximum Gasteiger partial charge on any atom is 0.251 e. The molecule has 0 bridgehead atoms. The number of rotatable bonds is 3. The van der Waals surface area contributed by atoms with Crippen molar-refractivity contribution in [2.24, 2.45) is 0 Å². The van der Waals surface area contributed by atoms with Gasteiger partial charge >= 0.3 is 0 Å². The Morgan fingerprint density at radius 2 is 2.32 bits per heavy atom. The van der Waals surface area contributed by atoms with Crippen molar-refractivity contribution in [1.29, 1.82) is 0 Å². The van der Waals surface area contributed by atoms with Crippen molar-refractivity contribution in [3.8, 4) is 5.75 Å². The van der Waals surface area contributed by atoms with E-state index < -0.39 is 0 Å². The zero-order valence-electron chi connectivity index (χ0n) is 10.5. The summed E-state index contributed by atoms with van der Waals surface area (Å²) in [6, 6.07) is 5.16. The fourth-order valence-electron chi connectivity index (χ4n) is 1.93. The van der Waals surface area contributed by atoms with Crippen LogP contribution in [0.15, 0.2) is 22.7 Å². The van der Waals surface area contributed by atoms with E-state index in [9.17, 15) is 9.59 Å². The van der Waals surface area contributed by atoms with Crippen LogP contribution in [0.4, 0.5) is 0 Å². The minimum Gasteiger partial charge on any atom is -0.496 e. The summed E-state index contributed by atoms with van der Waals surface area (Å²) in [4.78, 5) is 23.1. The van der Waals surface area contributed by atoms with Gasteiger partial charge in [0.25, 0.3) is 5.91 Å². The lowest BCUT2D eigenvalue weighted by Crippen LogP contribution is -2.47. The molecule has 1 aliphatic rings. The van der Waals surface area contributed by atoms with E-state index in [2.05, 4.69) is 26.6 Å². The topological polar surface area (TPSA) is 67.4 Å². The molecule has 2 amide bonds. The summed E-state index contributed by atoms with van der Waals surface area (Å²) in [6.45, 7) is 0.488. The van der Waals surface area contributed by atoms with Gasteiger partial charge in [0.15, 0.2) is 0 Å². The number of benzene rings is 1. The number of amides is 2. The van der Waals surface area contributed by atoms with E-state index in [1.165, 1.54) is 0 Å². The first-order chi connectivity index (χ1) is 9.10. The van der Waals surface area contributed by atoms with Crippen molar-refractivity contribution in [3.05, 3.63) is 28.2 Å². The minimum absolute atomic E-state index is 0.00826. The summed E-state index contributed by atoms with van der Waals surface area (Å²) in [5.41, 5.74) is 0.560. The van der Waals surface area contributed by atoms with Crippen LogP contribution in [0.2, 0.25) is 0 Å². The zero-order valence-corrected chi connectivity index (χ0v) is 12.1. The maximum absolute atomic E-state index is 12.1. The number of hydrogen-bond acceptors (Lipinski definition) is 3. The van der Waals surface area contributed by atoms with Crippen LogP contribution in [0.5, 0.6) is 5.75 Å². The number of halogens is 1. The fraction of sp³-hybridized carbons (Fsp3) is 0.385. The Balaban J connectivity index is 2.00. The quantitative estimate of drug-likeness (QED) is 0.883. The molecule has 1 saturated heterocycles. The average molecular weight is 327 g/mol. The summed E-state index contributed by atoms with van der Waals surface area (Å²) >= 11 is 3.35. The highest BCUT2D eigenvalue weighted by Crippen LogP contribution is 2.25. The third-order valence-corrected chi connectivity index (χ3v) is 3.63. The first kappa shape index (κ1) is 13.9. The molecule has 2 N–H and O–H groups in total. The van der Waals surface area contributed by atoms with Gasteiger partial charge in [-0.1, -0.05) is 0 Å². The summed E-state index contributed by atoms with van der Waals surface area (Å²) < 4.78 is 5.85. The molecule has 1 aromatic carbocycles. The van der Waals surface area contributed by atoms with E-state index >= 15 is 0 Å².